The molecule has 0 aromatic carbocycles. The summed E-state index contributed by atoms with van der Waals surface area (Å²) in [5.41, 5.74) is 0. The van der Waals surface area contributed by atoms with Crippen LogP contribution in [0.2, 0.25) is 0 Å². The summed E-state index contributed by atoms with van der Waals surface area (Å²) in [7, 11) is 0. The number of hydrogen-bond donors (Lipinski definition) is 1. The fourth-order valence-electron chi connectivity index (χ4n) is 7.29. The number of carbonyl (C=O) groups excluding carboxylic acids is 1. The second-order valence-electron chi connectivity index (χ2n) is 9.77. The van der Waals surface area contributed by atoms with E-state index >= 15 is 0 Å². The third-order valence-corrected chi connectivity index (χ3v) is 8.17. The molecule has 5 saturated carbocycles. The van der Waals surface area contributed by atoms with Crippen molar-refractivity contribution in [2.75, 3.05) is 13.1 Å². The molecule has 134 valence electrons. The number of hydrogen-bond acceptors (Lipinski definition) is 2. The number of likely N-dealkylation sites (tertiary alicyclic amines) is 1. The highest BCUT2D eigenvalue weighted by Crippen LogP contribution is 2.53. The van der Waals surface area contributed by atoms with Crippen molar-refractivity contribution in [3.63, 3.8) is 0 Å². The third-order valence-electron chi connectivity index (χ3n) is 8.17. The van der Waals surface area contributed by atoms with Gasteiger partial charge in [-0.25, -0.2) is 0 Å². The molecule has 6 aliphatic rings. The van der Waals surface area contributed by atoms with Gasteiger partial charge in [-0.3, -0.25) is 9.69 Å². The van der Waals surface area contributed by atoms with Crippen molar-refractivity contribution in [3.05, 3.63) is 0 Å². The first kappa shape index (κ1) is 15.7. The summed E-state index contributed by atoms with van der Waals surface area (Å²) in [5, 5.41) is 3.58. The number of nitrogens with zero attached hydrogens (tertiary/aromatic N) is 1. The first-order valence-corrected chi connectivity index (χ1v) is 10.8. The quantitative estimate of drug-likeness (QED) is 0.854. The molecule has 1 heterocycles. The zero-order valence-electron chi connectivity index (χ0n) is 15.1. The Morgan fingerprint density at radius 2 is 1.54 bits per heavy atom. The number of amides is 1. The standard InChI is InChI=1S/C21H34N2O/c24-21(19-6-3-7-23(19)13-14-4-1-2-5-14)22-20-17-9-15-8-16(11-17)12-18(20)10-15/h14-20H,1-13H2,(H,22,24)/t15?,16?,17?,18?,19-,20?/m1/s1. The van der Waals surface area contributed by atoms with Crippen LogP contribution in [0, 0.1) is 29.6 Å². The highest BCUT2D eigenvalue weighted by molar-refractivity contribution is 5.82. The molecule has 0 aromatic rings. The zero-order valence-corrected chi connectivity index (χ0v) is 15.1. The molecule has 5 aliphatic carbocycles. The smallest absolute Gasteiger partial charge is 0.237 e. The number of carbonyl (C=O) groups is 1. The van der Waals surface area contributed by atoms with E-state index < -0.39 is 0 Å². The predicted molar refractivity (Wildman–Crippen MR) is 95.5 cm³/mol. The molecule has 4 bridgehead atoms. The summed E-state index contributed by atoms with van der Waals surface area (Å²) in [6.45, 7) is 2.33. The molecule has 1 amide bonds. The highest BCUT2D eigenvalue weighted by Gasteiger charge is 2.49. The highest BCUT2D eigenvalue weighted by atomic mass is 16.2. The van der Waals surface area contributed by atoms with Crippen LogP contribution in [-0.4, -0.2) is 36.0 Å². The minimum atomic E-state index is 0.183. The van der Waals surface area contributed by atoms with E-state index in [-0.39, 0.29) is 6.04 Å². The van der Waals surface area contributed by atoms with Crippen LogP contribution in [0.5, 0.6) is 0 Å². The monoisotopic (exact) mass is 330 g/mol. The van der Waals surface area contributed by atoms with E-state index in [0.717, 1.165) is 42.6 Å². The van der Waals surface area contributed by atoms with E-state index in [2.05, 4.69) is 10.2 Å². The molecular formula is C21H34N2O. The lowest BCUT2D eigenvalue weighted by Gasteiger charge is -2.54. The molecule has 1 atom stereocenters. The molecule has 1 aliphatic heterocycles. The van der Waals surface area contributed by atoms with Crippen LogP contribution in [-0.2, 0) is 4.79 Å². The third kappa shape index (κ3) is 2.81. The second-order valence-corrected chi connectivity index (χ2v) is 9.77. The van der Waals surface area contributed by atoms with E-state index in [4.69, 9.17) is 0 Å². The summed E-state index contributed by atoms with van der Waals surface area (Å²) >= 11 is 0. The molecule has 24 heavy (non-hydrogen) atoms. The van der Waals surface area contributed by atoms with Crippen molar-refractivity contribution < 1.29 is 4.79 Å². The lowest BCUT2D eigenvalue weighted by molar-refractivity contribution is -0.129. The lowest BCUT2D eigenvalue weighted by atomic mass is 9.54. The van der Waals surface area contributed by atoms with Crippen molar-refractivity contribution in [2.24, 2.45) is 29.6 Å². The van der Waals surface area contributed by atoms with E-state index in [9.17, 15) is 4.79 Å². The minimum absolute atomic E-state index is 0.183. The predicted octanol–water partition coefficient (Wildman–Crippen LogP) is 3.58. The summed E-state index contributed by atoms with van der Waals surface area (Å²) < 4.78 is 0. The van der Waals surface area contributed by atoms with Gasteiger partial charge in [0.05, 0.1) is 6.04 Å². The van der Waals surface area contributed by atoms with Crippen LogP contribution in [0.15, 0.2) is 0 Å². The Bertz CT molecular complexity index is 456. The van der Waals surface area contributed by atoms with Crippen LogP contribution in [0.1, 0.15) is 70.6 Å². The van der Waals surface area contributed by atoms with Gasteiger partial charge in [0.25, 0.3) is 0 Å². The van der Waals surface area contributed by atoms with Gasteiger partial charge in [-0.05, 0) is 93.9 Å². The van der Waals surface area contributed by atoms with Crippen molar-refractivity contribution >= 4 is 5.91 Å². The molecule has 0 unspecified atom stereocenters. The van der Waals surface area contributed by atoms with Crippen LogP contribution in [0.25, 0.3) is 0 Å². The molecule has 3 nitrogen and oxygen atoms in total. The van der Waals surface area contributed by atoms with Crippen LogP contribution >= 0.6 is 0 Å². The Hall–Kier alpha value is -0.570. The number of rotatable bonds is 4. The van der Waals surface area contributed by atoms with E-state index in [0.29, 0.717) is 11.9 Å². The molecule has 3 heteroatoms. The molecule has 1 saturated heterocycles. The van der Waals surface area contributed by atoms with Crippen LogP contribution < -0.4 is 5.32 Å². The van der Waals surface area contributed by atoms with Gasteiger partial charge in [-0.15, -0.1) is 0 Å². The fraction of sp³-hybridized carbons (Fsp3) is 0.952. The average Bonchev–Trinajstić information content (AvgIpc) is 3.22. The minimum Gasteiger partial charge on any atom is -0.351 e. The van der Waals surface area contributed by atoms with Gasteiger partial charge >= 0.3 is 0 Å². The zero-order chi connectivity index (χ0) is 16.1. The van der Waals surface area contributed by atoms with Gasteiger partial charge in [0.15, 0.2) is 0 Å². The first-order chi connectivity index (χ1) is 11.8. The normalized spacial score (nSPS) is 45.2. The molecule has 0 aromatic heterocycles. The molecule has 1 N–H and O–H groups in total. The van der Waals surface area contributed by atoms with E-state index in [1.54, 1.807) is 0 Å². The molecule has 6 rings (SSSR count). The van der Waals surface area contributed by atoms with Crippen molar-refractivity contribution in [2.45, 2.75) is 82.7 Å². The topological polar surface area (TPSA) is 32.3 Å². The van der Waals surface area contributed by atoms with Crippen LogP contribution in [0.3, 0.4) is 0 Å². The summed E-state index contributed by atoms with van der Waals surface area (Å²) in [6, 6.07) is 0.696. The Kier molecular flexibility index (Phi) is 4.11. The molecule has 0 spiro atoms. The average molecular weight is 331 g/mol. The summed E-state index contributed by atoms with van der Waals surface area (Å²) in [4.78, 5) is 15.6. The Morgan fingerprint density at radius 1 is 0.875 bits per heavy atom. The van der Waals surface area contributed by atoms with Crippen molar-refractivity contribution in [1.82, 2.24) is 10.2 Å². The van der Waals surface area contributed by atoms with Crippen LogP contribution in [0.4, 0.5) is 0 Å². The van der Waals surface area contributed by atoms with Gasteiger partial charge in [0, 0.05) is 12.6 Å². The maximum Gasteiger partial charge on any atom is 0.237 e. The summed E-state index contributed by atoms with van der Waals surface area (Å²) in [6.07, 6.45) is 15.0. The largest absolute Gasteiger partial charge is 0.351 e. The van der Waals surface area contributed by atoms with Gasteiger partial charge in [0.1, 0.15) is 0 Å². The Morgan fingerprint density at radius 3 is 2.21 bits per heavy atom. The lowest BCUT2D eigenvalue weighted by Crippen LogP contribution is -2.58. The van der Waals surface area contributed by atoms with E-state index in [1.807, 2.05) is 0 Å². The van der Waals surface area contributed by atoms with Gasteiger partial charge in [-0.1, -0.05) is 12.8 Å². The van der Waals surface area contributed by atoms with Gasteiger partial charge in [-0.2, -0.15) is 0 Å². The van der Waals surface area contributed by atoms with Gasteiger partial charge < -0.3 is 5.32 Å². The number of nitrogens with one attached hydrogen (secondary N) is 1. The van der Waals surface area contributed by atoms with Gasteiger partial charge in [0.2, 0.25) is 5.91 Å². The van der Waals surface area contributed by atoms with E-state index in [1.165, 1.54) is 70.8 Å². The Balaban J connectivity index is 1.21. The van der Waals surface area contributed by atoms with Crippen molar-refractivity contribution in [1.29, 1.82) is 0 Å². The maximum absolute atomic E-state index is 13.1. The molecule has 6 fully saturated rings. The molecular weight excluding hydrogens is 296 g/mol. The van der Waals surface area contributed by atoms with Crippen molar-refractivity contribution in [3.8, 4) is 0 Å². The Labute approximate surface area is 146 Å². The first-order valence-electron chi connectivity index (χ1n) is 10.8. The SMILES string of the molecule is O=C(NC1C2CC3CC(C2)CC1C3)[C@H]1CCCN1CC1CCCC1. The second kappa shape index (κ2) is 6.30. The maximum atomic E-state index is 13.1. The summed E-state index contributed by atoms with van der Waals surface area (Å²) in [5.74, 6) is 4.82. The molecule has 0 radical (unpaired) electrons. The fourth-order valence-corrected chi connectivity index (χ4v) is 7.29.